The lowest BCUT2D eigenvalue weighted by Gasteiger charge is -2.10. The third-order valence-electron chi connectivity index (χ3n) is 0.862. The van der Waals surface area contributed by atoms with Gasteiger partial charge < -0.3 is 4.80 Å². The summed E-state index contributed by atoms with van der Waals surface area (Å²) in [5.74, 6) is 0. The Hall–Kier alpha value is 0.177. The van der Waals surface area contributed by atoms with Gasteiger partial charge in [-0.25, -0.2) is 0 Å². The number of hydrogen-bond donors (Lipinski definition) is 1. The van der Waals surface area contributed by atoms with Crippen molar-refractivity contribution in [3.05, 3.63) is 0 Å². The van der Waals surface area contributed by atoms with Crippen LogP contribution in [-0.4, -0.2) is 13.1 Å². The van der Waals surface area contributed by atoms with Crippen molar-refractivity contribution >= 4 is 8.32 Å². The molecule has 0 aliphatic rings. The minimum absolute atomic E-state index is 1.03. The van der Waals surface area contributed by atoms with E-state index in [-0.39, 0.29) is 0 Å². The van der Waals surface area contributed by atoms with E-state index in [1.165, 1.54) is 0 Å². The first-order chi connectivity index (χ1) is 3.06. The summed E-state index contributed by atoms with van der Waals surface area (Å²) < 4.78 is 0. The van der Waals surface area contributed by atoms with Gasteiger partial charge in [-0.2, -0.15) is 0 Å². The highest BCUT2D eigenvalue weighted by molar-refractivity contribution is 6.69. The Balaban J connectivity index is 3.15. The molecule has 0 radical (unpaired) electrons. The molecule has 0 aromatic carbocycles. The van der Waals surface area contributed by atoms with Gasteiger partial charge in [-0.05, 0) is 19.1 Å². The standard InChI is InChI=1S/C5H14OSi/c1-4-5-7(2,3)6/h6H,4-5H2,1-3H3. The van der Waals surface area contributed by atoms with Gasteiger partial charge in [-0.15, -0.1) is 0 Å². The van der Waals surface area contributed by atoms with Crippen LogP contribution in [0, 0.1) is 0 Å². The summed E-state index contributed by atoms with van der Waals surface area (Å²) in [6.45, 7) is 6.04. The minimum Gasteiger partial charge on any atom is -0.432 e. The first-order valence-electron chi connectivity index (χ1n) is 2.78. The topological polar surface area (TPSA) is 20.2 Å². The molecule has 1 nitrogen and oxygen atoms in total. The third kappa shape index (κ3) is 6.18. The van der Waals surface area contributed by atoms with Crippen LogP contribution in [0.15, 0.2) is 0 Å². The van der Waals surface area contributed by atoms with Crippen LogP contribution in [0.4, 0.5) is 0 Å². The Morgan fingerprint density at radius 3 is 1.86 bits per heavy atom. The molecule has 0 aromatic heterocycles. The van der Waals surface area contributed by atoms with Crippen LogP contribution < -0.4 is 0 Å². The molecule has 2 heteroatoms. The van der Waals surface area contributed by atoms with Crippen LogP contribution in [0.1, 0.15) is 13.3 Å². The molecule has 0 aliphatic heterocycles. The summed E-state index contributed by atoms with van der Waals surface area (Å²) in [6, 6.07) is 1.03. The first kappa shape index (κ1) is 7.18. The fourth-order valence-corrected chi connectivity index (χ4v) is 1.84. The number of hydrogen-bond acceptors (Lipinski definition) is 1. The van der Waals surface area contributed by atoms with Gasteiger partial charge in [0.15, 0.2) is 8.32 Å². The Labute approximate surface area is 46.5 Å². The molecule has 0 rings (SSSR count). The Bertz CT molecular complexity index is 46.5. The second-order valence-electron chi connectivity index (χ2n) is 2.56. The fraction of sp³-hybridized carbons (Fsp3) is 1.00. The first-order valence-corrected chi connectivity index (χ1v) is 5.94. The molecular weight excluding hydrogens is 104 g/mol. The van der Waals surface area contributed by atoms with E-state index in [1.807, 2.05) is 13.1 Å². The second kappa shape index (κ2) is 2.48. The molecule has 0 unspecified atom stereocenters. The molecule has 0 atom stereocenters. The molecule has 0 saturated carbocycles. The molecule has 1 N–H and O–H groups in total. The predicted molar refractivity (Wildman–Crippen MR) is 34.8 cm³/mol. The van der Waals surface area contributed by atoms with Gasteiger partial charge in [0.05, 0.1) is 0 Å². The summed E-state index contributed by atoms with van der Waals surface area (Å²) in [5.41, 5.74) is 0. The molecule has 0 heterocycles. The summed E-state index contributed by atoms with van der Waals surface area (Å²) in [4.78, 5) is 9.16. The van der Waals surface area contributed by atoms with Gasteiger partial charge in [-0.1, -0.05) is 13.3 Å². The van der Waals surface area contributed by atoms with Gasteiger partial charge in [0.2, 0.25) is 0 Å². The van der Waals surface area contributed by atoms with Crippen molar-refractivity contribution in [1.82, 2.24) is 0 Å². The minimum atomic E-state index is -1.66. The van der Waals surface area contributed by atoms with E-state index in [1.54, 1.807) is 0 Å². The van der Waals surface area contributed by atoms with E-state index < -0.39 is 8.32 Å². The molecular formula is C5H14OSi. The van der Waals surface area contributed by atoms with Crippen molar-refractivity contribution in [2.45, 2.75) is 32.5 Å². The van der Waals surface area contributed by atoms with Crippen molar-refractivity contribution in [2.24, 2.45) is 0 Å². The average molecular weight is 118 g/mol. The maximum absolute atomic E-state index is 9.16. The van der Waals surface area contributed by atoms with Crippen molar-refractivity contribution in [3.63, 3.8) is 0 Å². The van der Waals surface area contributed by atoms with E-state index in [4.69, 9.17) is 4.80 Å². The second-order valence-corrected chi connectivity index (χ2v) is 6.69. The van der Waals surface area contributed by atoms with Gasteiger partial charge in [0.25, 0.3) is 0 Å². The van der Waals surface area contributed by atoms with Gasteiger partial charge in [0, 0.05) is 0 Å². The highest BCUT2D eigenvalue weighted by Gasteiger charge is 2.13. The average Bonchev–Trinajstić information content (AvgIpc) is 1.30. The van der Waals surface area contributed by atoms with Gasteiger partial charge in [-0.3, -0.25) is 0 Å². The van der Waals surface area contributed by atoms with Crippen LogP contribution in [0.2, 0.25) is 19.1 Å². The van der Waals surface area contributed by atoms with E-state index in [0.717, 1.165) is 12.5 Å². The molecule has 0 saturated heterocycles. The maximum Gasteiger partial charge on any atom is 0.182 e. The quantitative estimate of drug-likeness (QED) is 0.546. The molecule has 0 amide bonds. The summed E-state index contributed by atoms with van der Waals surface area (Å²) in [7, 11) is -1.66. The van der Waals surface area contributed by atoms with Crippen molar-refractivity contribution < 1.29 is 4.80 Å². The highest BCUT2D eigenvalue weighted by Crippen LogP contribution is 2.05. The molecule has 0 spiro atoms. The van der Waals surface area contributed by atoms with Crippen LogP contribution >= 0.6 is 0 Å². The number of rotatable bonds is 2. The predicted octanol–water partition coefficient (Wildman–Crippen LogP) is 1.59. The largest absolute Gasteiger partial charge is 0.432 e. The Kier molecular flexibility index (Phi) is 2.54. The monoisotopic (exact) mass is 118 g/mol. The van der Waals surface area contributed by atoms with Crippen molar-refractivity contribution in [2.75, 3.05) is 0 Å². The zero-order valence-corrected chi connectivity index (χ0v) is 6.36. The van der Waals surface area contributed by atoms with Crippen molar-refractivity contribution in [3.8, 4) is 0 Å². The zero-order chi connectivity index (χ0) is 5.91. The molecule has 7 heavy (non-hydrogen) atoms. The lowest BCUT2D eigenvalue weighted by molar-refractivity contribution is 0.546. The molecule has 0 aromatic rings. The van der Waals surface area contributed by atoms with Gasteiger partial charge in [0.1, 0.15) is 0 Å². The van der Waals surface area contributed by atoms with E-state index >= 15 is 0 Å². The maximum atomic E-state index is 9.16. The lowest BCUT2D eigenvalue weighted by atomic mass is 10.6. The summed E-state index contributed by atoms with van der Waals surface area (Å²) in [5, 5.41) is 0. The lowest BCUT2D eigenvalue weighted by Crippen LogP contribution is -2.23. The SMILES string of the molecule is CCC[Si](C)(C)O. The van der Waals surface area contributed by atoms with E-state index in [2.05, 4.69) is 6.92 Å². The Morgan fingerprint density at radius 2 is 1.86 bits per heavy atom. The zero-order valence-electron chi connectivity index (χ0n) is 5.36. The van der Waals surface area contributed by atoms with Gasteiger partial charge >= 0.3 is 0 Å². The van der Waals surface area contributed by atoms with Crippen LogP contribution in [-0.2, 0) is 0 Å². The summed E-state index contributed by atoms with van der Waals surface area (Å²) in [6.07, 6.45) is 1.12. The summed E-state index contributed by atoms with van der Waals surface area (Å²) >= 11 is 0. The highest BCUT2D eigenvalue weighted by atomic mass is 28.4. The molecule has 44 valence electrons. The van der Waals surface area contributed by atoms with E-state index in [9.17, 15) is 0 Å². The molecule has 0 aliphatic carbocycles. The van der Waals surface area contributed by atoms with Crippen LogP contribution in [0.3, 0.4) is 0 Å². The molecule has 0 fully saturated rings. The smallest absolute Gasteiger partial charge is 0.182 e. The van der Waals surface area contributed by atoms with E-state index in [0.29, 0.717) is 0 Å². The van der Waals surface area contributed by atoms with Crippen LogP contribution in [0.25, 0.3) is 0 Å². The normalized spacial score (nSPS) is 12.0. The fourth-order valence-electron chi connectivity index (χ4n) is 0.612. The Morgan fingerprint density at radius 1 is 1.43 bits per heavy atom. The van der Waals surface area contributed by atoms with Crippen molar-refractivity contribution in [1.29, 1.82) is 0 Å². The third-order valence-corrected chi connectivity index (χ3v) is 2.59. The molecule has 0 bridgehead atoms. The van der Waals surface area contributed by atoms with Crippen LogP contribution in [0.5, 0.6) is 0 Å².